The molecule has 124 valence electrons. The number of piperidine rings is 1. The van der Waals surface area contributed by atoms with E-state index in [0.29, 0.717) is 5.92 Å². The molecule has 1 heterocycles. The van der Waals surface area contributed by atoms with Gasteiger partial charge in [-0.3, -0.25) is 0 Å². The minimum Gasteiger partial charge on any atom is -0.493 e. The largest absolute Gasteiger partial charge is 0.493 e. The third-order valence-corrected chi connectivity index (χ3v) is 4.59. The van der Waals surface area contributed by atoms with E-state index in [2.05, 4.69) is 65.1 Å². The van der Waals surface area contributed by atoms with Crippen molar-refractivity contribution in [2.75, 3.05) is 19.7 Å². The molecule has 0 aliphatic carbocycles. The van der Waals surface area contributed by atoms with E-state index in [-0.39, 0.29) is 10.8 Å². The molecule has 0 aromatic heterocycles. The lowest BCUT2D eigenvalue weighted by Gasteiger charge is -2.28. The third-order valence-electron chi connectivity index (χ3n) is 4.59. The number of hydrogen-bond donors (Lipinski definition) is 1. The highest BCUT2D eigenvalue weighted by molar-refractivity contribution is 5.43. The molecule has 0 atom stereocenters. The monoisotopic (exact) mass is 303 g/mol. The molecule has 1 aromatic rings. The van der Waals surface area contributed by atoms with Crippen molar-refractivity contribution < 1.29 is 4.74 Å². The number of benzene rings is 1. The molecule has 2 heteroatoms. The van der Waals surface area contributed by atoms with E-state index in [0.717, 1.165) is 25.4 Å². The normalized spacial score (nSPS) is 17.5. The predicted molar refractivity (Wildman–Crippen MR) is 94.9 cm³/mol. The van der Waals surface area contributed by atoms with Crippen molar-refractivity contribution in [3.05, 3.63) is 29.3 Å². The summed E-state index contributed by atoms with van der Waals surface area (Å²) in [6.45, 7) is 16.7. The Labute approximate surface area is 136 Å². The second kappa shape index (κ2) is 6.62. The zero-order valence-electron chi connectivity index (χ0n) is 15.3. The van der Waals surface area contributed by atoms with E-state index in [9.17, 15) is 0 Å². The molecule has 0 bridgehead atoms. The summed E-state index contributed by atoms with van der Waals surface area (Å²) in [7, 11) is 0. The second-order valence-electron chi connectivity index (χ2n) is 8.72. The lowest BCUT2D eigenvalue weighted by molar-refractivity contribution is 0.211. The highest BCUT2D eigenvalue weighted by Crippen LogP contribution is 2.35. The minimum absolute atomic E-state index is 0.102. The molecule has 0 spiro atoms. The van der Waals surface area contributed by atoms with E-state index in [4.69, 9.17) is 4.74 Å². The van der Waals surface area contributed by atoms with Gasteiger partial charge < -0.3 is 10.1 Å². The van der Waals surface area contributed by atoms with Crippen molar-refractivity contribution in [1.29, 1.82) is 0 Å². The van der Waals surface area contributed by atoms with Crippen LogP contribution in [0.2, 0.25) is 0 Å². The van der Waals surface area contributed by atoms with Crippen LogP contribution >= 0.6 is 0 Å². The van der Waals surface area contributed by atoms with E-state index in [1.807, 2.05) is 0 Å². The van der Waals surface area contributed by atoms with Crippen LogP contribution in [-0.2, 0) is 10.8 Å². The van der Waals surface area contributed by atoms with Gasteiger partial charge in [-0.2, -0.15) is 0 Å². The fraction of sp³-hybridized carbons (Fsp3) is 0.700. The van der Waals surface area contributed by atoms with Crippen molar-refractivity contribution in [3.63, 3.8) is 0 Å². The van der Waals surface area contributed by atoms with Gasteiger partial charge in [-0.1, -0.05) is 53.7 Å². The van der Waals surface area contributed by atoms with Crippen LogP contribution in [-0.4, -0.2) is 19.7 Å². The Balaban J connectivity index is 2.18. The van der Waals surface area contributed by atoms with Crippen LogP contribution in [0.25, 0.3) is 0 Å². The van der Waals surface area contributed by atoms with Gasteiger partial charge in [-0.05, 0) is 59.9 Å². The molecule has 0 radical (unpaired) electrons. The predicted octanol–water partition coefficient (Wildman–Crippen LogP) is 4.66. The quantitative estimate of drug-likeness (QED) is 0.877. The van der Waals surface area contributed by atoms with Gasteiger partial charge in [0.1, 0.15) is 5.75 Å². The lowest BCUT2D eigenvalue weighted by Crippen LogP contribution is -2.30. The van der Waals surface area contributed by atoms with Gasteiger partial charge in [-0.25, -0.2) is 0 Å². The number of ether oxygens (including phenoxy) is 1. The number of rotatable bonds is 3. The number of nitrogens with one attached hydrogen (secondary N) is 1. The van der Waals surface area contributed by atoms with Crippen LogP contribution in [0.15, 0.2) is 18.2 Å². The highest BCUT2D eigenvalue weighted by Gasteiger charge is 2.23. The summed E-state index contributed by atoms with van der Waals surface area (Å²) in [4.78, 5) is 0. The summed E-state index contributed by atoms with van der Waals surface area (Å²) in [5, 5.41) is 3.42. The van der Waals surface area contributed by atoms with Crippen molar-refractivity contribution in [3.8, 4) is 5.75 Å². The van der Waals surface area contributed by atoms with E-state index >= 15 is 0 Å². The van der Waals surface area contributed by atoms with Crippen molar-refractivity contribution >= 4 is 0 Å². The maximum Gasteiger partial charge on any atom is 0.123 e. The maximum atomic E-state index is 6.24. The molecule has 1 aliphatic rings. The minimum atomic E-state index is 0.102. The van der Waals surface area contributed by atoms with Gasteiger partial charge in [-0.15, -0.1) is 0 Å². The molecule has 2 nitrogen and oxygen atoms in total. The summed E-state index contributed by atoms with van der Waals surface area (Å²) in [5.74, 6) is 1.76. The summed E-state index contributed by atoms with van der Waals surface area (Å²) in [6, 6.07) is 6.76. The second-order valence-corrected chi connectivity index (χ2v) is 8.72. The van der Waals surface area contributed by atoms with E-state index < -0.39 is 0 Å². The molecule has 0 saturated carbocycles. The molecule has 1 aromatic carbocycles. The van der Waals surface area contributed by atoms with Gasteiger partial charge in [0.15, 0.2) is 0 Å². The van der Waals surface area contributed by atoms with Gasteiger partial charge in [0, 0.05) is 0 Å². The first-order valence-electron chi connectivity index (χ1n) is 8.66. The zero-order chi connectivity index (χ0) is 16.4. The fourth-order valence-electron chi connectivity index (χ4n) is 2.96. The SMILES string of the molecule is CC(C)(C)c1ccc(OCC2CCNCC2)c(C(C)(C)C)c1. The Hall–Kier alpha value is -1.02. The molecule has 1 saturated heterocycles. The van der Waals surface area contributed by atoms with Crippen molar-refractivity contribution in [1.82, 2.24) is 5.32 Å². The van der Waals surface area contributed by atoms with E-state index in [1.165, 1.54) is 24.0 Å². The molecule has 0 amide bonds. The molecule has 2 rings (SSSR count). The highest BCUT2D eigenvalue weighted by atomic mass is 16.5. The summed E-state index contributed by atoms with van der Waals surface area (Å²) in [6.07, 6.45) is 2.45. The first-order valence-corrected chi connectivity index (χ1v) is 8.66. The molecular formula is C20H33NO. The first kappa shape index (κ1) is 17.3. The maximum absolute atomic E-state index is 6.24. The summed E-state index contributed by atoms with van der Waals surface area (Å²) in [5.41, 5.74) is 2.98. The standard InChI is InChI=1S/C20H33NO/c1-19(2,3)16-7-8-18(17(13-16)20(4,5)6)22-14-15-9-11-21-12-10-15/h7-8,13,15,21H,9-12,14H2,1-6H3. The van der Waals surface area contributed by atoms with Crippen molar-refractivity contribution in [2.24, 2.45) is 5.92 Å². The third kappa shape index (κ3) is 4.49. The van der Waals surface area contributed by atoms with Crippen LogP contribution < -0.4 is 10.1 Å². The smallest absolute Gasteiger partial charge is 0.123 e. The fourth-order valence-corrected chi connectivity index (χ4v) is 2.96. The lowest BCUT2D eigenvalue weighted by atomic mass is 9.80. The molecule has 1 aliphatic heterocycles. The Morgan fingerprint density at radius 2 is 1.64 bits per heavy atom. The molecule has 1 fully saturated rings. The number of hydrogen-bond acceptors (Lipinski definition) is 2. The van der Waals surface area contributed by atoms with Crippen LogP contribution in [0.5, 0.6) is 5.75 Å². The summed E-state index contributed by atoms with van der Waals surface area (Å²) >= 11 is 0. The van der Waals surface area contributed by atoms with Gasteiger partial charge >= 0.3 is 0 Å². The average molecular weight is 303 g/mol. The van der Waals surface area contributed by atoms with Crippen LogP contribution in [0.3, 0.4) is 0 Å². The first-order chi connectivity index (χ1) is 10.2. The van der Waals surface area contributed by atoms with Crippen LogP contribution in [0, 0.1) is 5.92 Å². The Bertz CT molecular complexity index is 487. The molecule has 1 N–H and O–H groups in total. The topological polar surface area (TPSA) is 21.3 Å². The van der Waals surface area contributed by atoms with Crippen molar-refractivity contribution in [2.45, 2.75) is 65.2 Å². The molecule has 22 heavy (non-hydrogen) atoms. The average Bonchev–Trinajstić information content (AvgIpc) is 2.44. The van der Waals surface area contributed by atoms with Gasteiger partial charge in [0.2, 0.25) is 0 Å². The zero-order valence-corrected chi connectivity index (χ0v) is 15.3. The Morgan fingerprint density at radius 3 is 2.18 bits per heavy atom. The van der Waals surface area contributed by atoms with E-state index in [1.54, 1.807) is 0 Å². The summed E-state index contributed by atoms with van der Waals surface area (Å²) < 4.78 is 6.24. The van der Waals surface area contributed by atoms with Gasteiger partial charge in [0.05, 0.1) is 6.61 Å². The van der Waals surface area contributed by atoms with Crippen LogP contribution in [0.1, 0.15) is 65.5 Å². The van der Waals surface area contributed by atoms with Crippen LogP contribution in [0.4, 0.5) is 0 Å². The Kier molecular flexibility index (Phi) is 5.21. The Morgan fingerprint density at radius 1 is 1.00 bits per heavy atom. The molecule has 0 unspecified atom stereocenters. The van der Waals surface area contributed by atoms with Gasteiger partial charge in [0.25, 0.3) is 0 Å². The molecular weight excluding hydrogens is 270 g/mol.